The van der Waals surface area contributed by atoms with Crippen LogP contribution >= 0.6 is 0 Å². The molecule has 1 saturated heterocycles. The molecule has 11 nitrogen and oxygen atoms in total. The van der Waals surface area contributed by atoms with E-state index in [4.69, 9.17) is 33.2 Å². The number of benzene rings is 1. The van der Waals surface area contributed by atoms with Crippen LogP contribution in [0.5, 0.6) is 11.5 Å². The minimum atomic E-state index is -1.29. The van der Waals surface area contributed by atoms with Crippen molar-refractivity contribution in [2.75, 3.05) is 13.7 Å². The molecule has 1 fully saturated rings. The fourth-order valence-electron chi connectivity index (χ4n) is 3.07. The Hall–Kier alpha value is -3.34. The van der Waals surface area contributed by atoms with Crippen LogP contribution in [0.4, 0.5) is 0 Å². The van der Waals surface area contributed by atoms with Gasteiger partial charge in [0.2, 0.25) is 12.4 Å². The van der Waals surface area contributed by atoms with Crippen LogP contribution in [-0.4, -0.2) is 68.3 Å². The normalized spacial score (nSPS) is 24.6. The molecule has 0 spiro atoms. The van der Waals surface area contributed by atoms with Crippen molar-refractivity contribution in [2.24, 2.45) is 0 Å². The monoisotopic (exact) mass is 454 g/mol. The lowest BCUT2D eigenvalue weighted by Crippen LogP contribution is -2.63. The molecule has 0 aromatic heterocycles. The summed E-state index contributed by atoms with van der Waals surface area (Å²) < 4.78 is 37.8. The highest BCUT2D eigenvalue weighted by atomic mass is 16.7. The van der Waals surface area contributed by atoms with E-state index in [0.717, 1.165) is 20.8 Å². The van der Waals surface area contributed by atoms with E-state index in [9.17, 15) is 19.2 Å². The summed E-state index contributed by atoms with van der Waals surface area (Å²) in [5, 5.41) is 0. The molecule has 1 aromatic rings. The summed E-state index contributed by atoms with van der Waals surface area (Å²) in [7, 11) is 1.51. The molecule has 0 saturated carbocycles. The summed E-state index contributed by atoms with van der Waals surface area (Å²) >= 11 is 0. The van der Waals surface area contributed by atoms with E-state index < -0.39 is 54.6 Å². The van der Waals surface area contributed by atoms with Gasteiger partial charge in [-0.05, 0) is 24.3 Å². The maximum absolute atomic E-state index is 11.8. The molecule has 176 valence electrons. The Balaban J connectivity index is 2.42. The molecular weight excluding hydrogens is 428 g/mol. The fourth-order valence-corrected chi connectivity index (χ4v) is 3.07. The Morgan fingerprint density at radius 2 is 1.25 bits per heavy atom. The van der Waals surface area contributed by atoms with Gasteiger partial charge in [-0.15, -0.1) is 0 Å². The molecule has 5 atom stereocenters. The maximum atomic E-state index is 11.8. The summed E-state index contributed by atoms with van der Waals surface area (Å²) in [5.74, 6) is -1.83. The van der Waals surface area contributed by atoms with Crippen LogP contribution in [0.1, 0.15) is 27.7 Å². The number of ether oxygens (including phenoxy) is 7. The SMILES string of the molecule is COc1ccc(OC2OC(COC(C)=O)C(OC(C)=O)C(OC(C)=O)C2OC(C)=O)cc1. The smallest absolute Gasteiger partial charge is 0.303 e. The first kappa shape index (κ1) is 24.9. The van der Waals surface area contributed by atoms with Gasteiger partial charge in [-0.1, -0.05) is 0 Å². The lowest BCUT2D eigenvalue weighted by Gasteiger charge is -2.43. The van der Waals surface area contributed by atoms with Crippen molar-refractivity contribution in [3.8, 4) is 11.5 Å². The van der Waals surface area contributed by atoms with Crippen molar-refractivity contribution in [3.63, 3.8) is 0 Å². The molecular formula is C21H26O11. The number of hydrogen-bond donors (Lipinski definition) is 0. The van der Waals surface area contributed by atoms with Gasteiger partial charge in [-0.3, -0.25) is 19.2 Å². The van der Waals surface area contributed by atoms with Gasteiger partial charge in [0.05, 0.1) is 7.11 Å². The van der Waals surface area contributed by atoms with E-state index in [1.165, 1.54) is 14.0 Å². The predicted molar refractivity (Wildman–Crippen MR) is 106 cm³/mol. The molecule has 0 amide bonds. The average molecular weight is 454 g/mol. The van der Waals surface area contributed by atoms with Gasteiger partial charge in [0.15, 0.2) is 12.2 Å². The van der Waals surface area contributed by atoms with Crippen molar-refractivity contribution in [1.29, 1.82) is 0 Å². The molecule has 1 aliphatic heterocycles. The van der Waals surface area contributed by atoms with Gasteiger partial charge in [-0.2, -0.15) is 0 Å². The highest BCUT2D eigenvalue weighted by Gasteiger charge is 2.53. The zero-order valence-electron chi connectivity index (χ0n) is 18.4. The van der Waals surface area contributed by atoms with Crippen LogP contribution in [0.3, 0.4) is 0 Å². The van der Waals surface area contributed by atoms with Crippen LogP contribution in [0.2, 0.25) is 0 Å². The molecule has 5 unspecified atom stereocenters. The Morgan fingerprint density at radius 1 is 0.750 bits per heavy atom. The van der Waals surface area contributed by atoms with Gasteiger partial charge >= 0.3 is 23.9 Å². The van der Waals surface area contributed by atoms with Crippen molar-refractivity contribution in [1.82, 2.24) is 0 Å². The molecule has 1 aliphatic rings. The van der Waals surface area contributed by atoms with Crippen molar-refractivity contribution < 1.29 is 52.3 Å². The number of rotatable bonds is 8. The minimum Gasteiger partial charge on any atom is -0.497 e. The second kappa shape index (κ2) is 11.3. The standard InChI is InChI=1S/C21H26O11/c1-11(22)27-10-17-18(28-12(2)23)19(29-13(3)24)20(30-14(4)25)21(32-17)31-16-8-6-15(26-5)7-9-16/h6-9,17-21H,10H2,1-5H3. The van der Waals surface area contributed by atoms with E-state index in [1.807, 2.05) is 0 Å². The van der Waals surface area contributed by atoms with E-state index in [-0.39, 0.29) is 6.61 Å². The third-order valence-corrected chi connectivity index (χ3v) is 4.26. The molecule has 0 bridgehead atoms. The number of hydrogen-bond acceptors (Lipinski definition) is 11. The number of methoxy groups -OCH3 is 1. The average Bonchev–Trinajstić information content (AvgIpc) is 2.70. The van der Waals surface area contributed by atoms with Crippen molar-refractivity contribution in [2.45, 2.75) is 58.4 Å². The zero-order valence-corrected chi connectivity index (χ0v) is 18.4. The number of carbonyl (C=O) groups is 4. The van der Waals surface area contributed by atoms with E-state index >= 15 is 0 Å². The van der Waals surface area contributed by atoms with E-state index in [2.05, 4.69) is 0 Å². The fraction of sp³-hybridized carbons (Fsp3) is 0.524. The van der Waals surface area contributed by atoms with Gasteiger partial charge in [0.25, 0.3) is 0 Å². The quantitative estimate of drug-likeness (QED) is 0.414. The predicted octanol–water partition coefficient (Wildman–Crippen LogP) is 1.16. The Labute approximate surface area is 184 Å². The highest BCUT2D eigenvalue weighted by Crippen LogP contribution is 2.31. The Morgan fingerprint density at radius 3 is 1.75 bits per heavy atom. The van der Waals surface area contributed by atoms with Crippen LogP contribution in [0.15, 0.2) is 24.3 Å². The molecule has 32 heavy (non-hydrogen) atoms. The first-order chi connectivity index (χ1) is 15.1. The molecule has 0 radical (unpaired) electrons. The first-order valence-electron chi connectivity index (χ1n) is 9.72. The Bertz CT molecular complexity index is 820. The maximum Gasteiger partial charge on any atom is 0.303 e. The second-order valence-corrected chi connectivity index (χ2v) is 6.86. The topological polar surface area (TPSA) is 133 Å². The molecule has 2 rings (SSSR count). The number of esters is 4. The lowest BCUT2D eigenvalue weighted by atomic mass is 9.98. The summed E-state index contributed by atoms with van der Waals surface area (Å²) in [4.78, 5) is 46.6. The molecule has 11 heteroatoms. The Kier molecular flexibility index (Phi) is 8.82. The van der Waals surface area contributed by atoms with Gasteiger partial charge in [0.1, 0.15) is 24.2 Å². The van der Waals surface area contributed by atoms with Gasteiger partial charge in [-0.25, -0.2) is 0 Å². The minimum absolute atomic E-state index is 0.326. The van der Waals surface area contributed by atoms with Gasteiger partial charge < -0.3 is 33.2 Å². The summed E-state index contributed by atoms with van der Waals surface area (Å²) in [6, 6.07) is 6.46. The summed E-state index contributed by atoms with van der Waals surface area (Å²) in [6.07, 6.45) is -6.20. The third-order valence-electron chi connectivity index (χ3n) is 4.26. The summed E-state index contributed by atoms with van der Waals surface area (Å²) in [5.41, 5.74) is 0. The van der Waals surface area contributed by atoms with Crippen molar-refractivity contribution in [3.05, 3.63) is 24.3 Å². The van der Waals surface area contributed by atoms with Gasteiger partial charge in [0, 0.05) is 27.7 Å². The number of carbonyl (C=O) groups excluding carboxylic acids is 4. The first-order valence-corrected chi connectivity index (χ1v) is 9.72. The summed E-state index contributed by atoms with van der Waals surface area (Å²) in [6.45, 7) is 4.31. The molecule has 0 N–H and O–H groups in total. The molecule has 0 aliphatic carbocycles. The molecule has 1 aromatic carbocycles. The highest BCUT2D eigenvalue weighted by molar-refractivity contribution is 5.68. The van der Waals surface area contributed by atoms with Crippen LogP contribution in [0, 0.1) is 0 Å². The second-order valence-electron chi connectivity index (χ2n) is 6.86. The lowest BCUT2D eigenvalue weighted by molar-refractivity contribution is -0.288. The van der Waals surface area contributed by atoms with Crippen molar-refractivity contribution >= 4 is 23.9 Å². The zero-order chi connectivity index (χ0) is 23.8. The van der Waals surface area contributed by atoms with E-state index in [0.29, 0.717) is 11.5 Å². The van der Waals surface area contributed by atoms with Crippen LogP contribution < -0.4 is 9.47 Å². The molecule has 1 heterocycles. The third kappa shape index (κ3) is 7.12. The van der Waals surface area contributed by atoms with E-state index in [1.54, 1.807) is 24.3 Å². The van der Waals surface area contributed by atoms with Crippen LogP contribution in [-0.2, 0) is 42.9 Å². The largest absolute Gasteiger partial charge is 0.497 e. The van der Waals surface area contributed by atoms with Crippen LogP contribution in [0.25, 0.3) is 0 Å².